The van der Waals surface area contributed by atoms with Gasteiger partial charge in [0, 0.05) is 12.6 Å². The van der Waals surface area contributed by atoms with Gasteiger partial charge in [0.25, 0.3) is 5.91 Å². The van der Waals surface area contributed by atoms with Gasteiger partial charge in [-0.2, -0.15) is 0 Å². The van der Waals surface area contributed by atoms with Gasteiger partial charge in [0.2, 0.25) is 0 Å². The lowest BCUT2D eigenvalue weighted by Gasteiger charge is -2.15. The van der Waals surface area contributed by atoms with E-state index in [4.69, 9.17) is 0 Å². The topological polar surface area (TPSA) is 41.1 Å². The van der Waals surface area contributed by atoms with Gasteiger partial charge in [-0.3, -0.25) is 4.79 Å². The molecule has 2 N–H and O–H groups in total. The van der Waals surface area contributed by atoms with E-state index in [2.05, 4.69) is 10.6 Å². The molecule has 0 aliphatic heterocycles. The lowest BCUT2D eigenvalue weighted by molar-refractivity contribution is 0.0939. The van der Waals surface area contributed by atoms with Crippen LogP contribution >= 0.6 is 0 Å². The monoisotopic (exact) mass is 252 g/mol. The van der Waals surface area contributed by atoms with Crippen LogP contribution in [0.4, 0.5) is 10.1 Å². The van der Waals surface area contributed by atoms with Crippen molar-refractivity contribution in [2.75, 3.05) is 11.9 Å². The van der Waals surface area contributed by atoms with Gasteiger partial charge in [-0.25, -0.2) is 4.39 Å². The Kier molecular flexibility index (Phi) is 5.62. The number of anilines is 1. The van der Waals surface area contributed by atoms with Gasteiger partial charge in [-0.05, 0) is 31.9 Å². The van der Waals surface area contributed by atoms with Crippen LogP contribution in [0.1, 0.15) is 44.0 Å². The molecule has 0 heterocycles. The molecule has 0 aliphatic carbocycles. The fourth-order valence-corrected chi connectivity index (χ4v) is 1.55. The van der Waals surface area contributed by atoms with Crippen molar-refractivity contribution in [2.45, 2.75) is 39.7 Å². The smallest absolute Gasteiger partial charge is 0.253 e. The number of carbonyl (C=O) groups is 1. The maximum Gasteiger partial charge on any atom is 0.253 e. The third kappa shape index (κ3) is 3.72. The lowest BCUT2D eigenvalue weighted by Crippen LogP contribution is -2.32. The second kappa shape index (κ2) is 6.99. The van der Waals surface area contributed by atoms with E-state index >= 15 is 0 Å². The number of nitrogens with one attached hydrogen (secondary N) is 2. The molecule has 1 rings (SSSR count). The predicted molar refractivity (Wildman–Crippen MR) is 72.4 cm³/mol. The van der Waals surface area contributed by atoms with E-state index in [1.807, 2.05) is 20.8 Å². The van der Waals surface area contributed by atoms with E-state index in [0.29, 0.717) is 17.8 Å². The number of para-hydroxylation sites is 1. The number of rotatable bonds is 6. The maximum absolute atomic E-state index is 13.7. The Balaban J connectivity index is 2.92. The Morgan fingerprint density at radius 1 is 1.39 bits per heavy atom. The van der Waals surface area contributed by atoms with Gasteiger partial charge < -0.3 is 10.6 Å². The average Bonchev–Trinajstić information content (AvgIpc) is 2.36. The molecule has 18 heavy (non-hydrogen) atoms. The first kappa shape index (κ1) is 14.5. The normalized spacial score (nSPS) is 12.0. The third-order valence-electron chi connectivity index (χ3n) is 2.80. The lowest BCUT2D eigenvalue weighted by atomic mass is 10.1. The first-order chi connectivity index (χ1) is 8.60. The Morgan fingerprint density at radius 2 is 2.11 bits per heavy atom. The summed E-state index contributed by atoms with van der Waals surface area (Å²) >= 11 is 0. The largest absolute Gasteiger partial charge is 0.382 e. The summed E-state index contributed by atoms with van der Waals surface area (Å²) < 4.78 is 13.7. The maximum atomic E-state index is 13.7. The van der Waals surface area contributed by atoms with E-state index < -0.39 is 0 Å². The Hall–Kier alpha value is -1.58. The van der Waals surface area contributed by atoms with Crippen LogP contribution in [-0.2, 0) is 0 Å². The zero-order valence-electron chi connectivity index (χ0n) is 11.2. The minimum atomic E-state index is -0.389. The number of amides is 1. The van der Waals surface area contributed by atoms with E-state index in [1.165, 1.54) is 6.07 Å². The van der Waals surface area contributed by atoms with E-state index in [0.717, 1.165) is 12.8 Å². The molecule has 4 heteroatoms. The molecule has 1 amide bonds. The standard InChI is InChI=1S/C14H21FN2O/c1-4-9-16-13-11(7-6-8-12(13)15)14(18)17-10(3)5-2/h6-8,10,16H,4-5,9H2,1-3H3,(H,17,18). The Morgan fingerprint density at radius 3 is 2.72 bits per heavy atom. The van der Waals surface area contributed by atoms with Crippen LogP contribution in [0, 0.1) is 5.82 Å². The second-order valence-electron chi connectivity index (χ2n) is 4.37. The molecule has 0 radical (unpaired) electrons. The summed E-state index contributed by atoms with van der Waals surface area (Å²) in [6.07, 6.45) is 1.72. The highest BCUT2D eigenvalue weighted by Gasteiger charge is 2.15. The summed E-state index contributed by atoms with van der Waals surface area (Å²) in [7, 11) is 0. The molecule has 0 saturated carbocycles. The minimum Gasteiger partial charge on any atom is -0.382 e. The van der Waals surface area contributed by atoms with Crippen molar-refractivity contribution in [1.82, 2.24) is 5.32 Å². The predicted octanol–water partition coefficient (Wildman–Crippen LogP) is 3.18. The SMILES string of the molecule is CCCNc1c(F)cccc1C(=O)NC(C)CC. The molecule has 3 nitrogen and oxygen atoms in total. The van der Waals surface area contributed by atoms with Gasteiger partial charge in [-0.15, -0.1) is 0 Å². The minimum absolute atomic E-state index is 0.0831. The number of benzene rings is 1. The second-order valence-corrected chi connectivity index (χ2v) is 4.37. The zero-order valence-corrected chi connectivity index (χ0v) is 11.2. The van der Waals surface area contributed by atoms with Crippen molar-refractivity contribution < 1.29 is 9.18 Å². The molecular formula is C14H21FN2O. The van der Waals surface area contributed by atoms with Crippen LogP contribution in [0.5, 0.6) is 0 Å². The highest BCUT2D eigenvalue weighted by atomic mass is 19.1. The summed E-state index contributed by atoms with van der Waals surface area (Å²) in [5.74, 6) is -0.622. The Bertz CT molecular complexity index is 407. The number of halogens is 1. The van der Waals surface area contributed by atoms with Crippen LogP contribution in [0.3, 0.4) is 0 Å². The highest BCUT2D eigenvalue weighted by Crippen LogP contribution is 2.20. The number of hydrogen-bond donors (Lipinski definition) is 2. The fourth-order valence-electron chi connectivity index (χ4n) is 1.55. The molecule has 0 saturated heterocycles. The molecule has 0 fully saturated rings. The van der Waals surface area contributed by atoms with Crippen molar-refractivity contribution in [3.05, 3.63) is 29.6 Å². The first-order valence-corrected chi connectivity index (χ1v) is 6.43. The molecule has 1 unspecified atom stereocenters. The molecule has 1 aromatic carbocycles. The van der Waals surface area contributed by atoms with Crippen molar-refractivity contribution in [2.24, 2.45) is 0 Å². The molecule has 1 aromatic rings. The molecule has 0 bridgehead atoms. The van der Waals surface area contributed by atoms with E-state index in [1.54, 1.807) is 12.1 Å². The zero-order chi connectivity index (χ0) is 13.5. The molecule has 1 atom stereocenters. The number of carbonyl (C=O) groups excluding carboxylic acids is 1. The van der Waals surface area contributed by atoms with Crippen LogP contribution in [0.2, 0.25) is 0 Å². The van der Waals surface area contributed by atoms with Crippen LogP contribution < -0.4 is 10.6 Å². The summed E-state index contributed by atoms with van der Waals surface area (Å²) in [4.78, 5) is 12.0. The van der Waals surface area contributed by atoms with Crippen molar-refractivity contribution in [3.63, 3.8) is 0 Å². The van der Waals surface area contributed by atoms with E-state index in [-0.39, 0.29) is 17.8 Å². The first-order valence-electron chi connectivity index (χ1n) is 6.43. The average molecular weight is 252 g/mol. The van der Waals surface area contributed by atoms with Gasteiger partial charge in [0.15, 0.2) is 0 Å². The highest BCUT2D eigenvalue weighted by molar-refractivity contribution is 5.99. The van der Waals surface area contributed by atoms with E-state index in [9.17, 15) is 9.18 Å². The third-order valence-corrected chi connectivity index (χ3v) is 2.80. The summed E-state index contributed by atoms with van der Waals surface area (Å²) in [5, 5.41) is 5.81. The fraction of sp³-hybridized carbons (Fsp3) is 0.500. The molecule has 0 aliphatic rings. The molecule has 100 valence electrons. The van der Waals surface area contributed by atoms with Gasteiger partial charge in [0.1, 0.15) is 5.82 Å². The van der Waals surface area contributed by atoms with Crippen LogP contribution in [-0.4, -0.2) is 18.5 Å². The van der Waals surface area contributed by atoms with Crippen LogP contribution in [0.25, 0.3) is 0 Å². The Labute approximate surface area is 108 Å². The summed E-state index contributed by atoms with van der Waals surface area (Å²) in [6.45, 7) is 6.56. The number of hydrogen-bond acceptors (Lipinski definition) is 2. The van der Waals surface area contributed by atoms with Gasteiger partial charge in [0.05, 0.1) is 11.3 Å². The van der Waals surface area contributed by atoms with Crippen molar-refractivity contribution in [3.8, 4) is 0 Å². The van der Waals surface area contributed by atoms with Crippen molar-refractivity contribution in [1.29, 1.82) is 0 Å². The molecule has 0 spiro atoms. The van der Waals surface area contributed by atoms with Crippen LogP contribution in [0.15, 0.2) is 18.2 Å². The van der Waals surface area contributed by atoms with Crippen molar-refractivity contribution >= 4 is 11.6 Å². The quantitative estimate of drug-likeness (QED) is 0.816. The molecular weight excluding hydrogens is 231 g/mol. The summed E-state index contributed by atoms with van der Waals surface area (Å²) in [6, 6.07) is 4.63. The van der Waals surface area contributed by atoms with Gasteiger partial charge >= 0.3 is 0 Å². The molecule has 0 aromatic heterocycles. The summed E-state index contributed by atoms with van der Waals surface area (Å²) in [5.41, 5.74) is 0.656. The van der Waals surface area contributed by atoms with Gasteiger partial charge in [-0.1, -0.05) is 19.9 Å².